The van der Waals surface area contributed by atoms with E-state index in [-0.39, 0.29) is 10.6 Å². The summed E-state index contributed by atoms with van der Waals surface area (Å²) in [5, 5.41) is 0. The second-order valence-electron chi connectivity index (χ2n) is 4.57. The molecule has 0 spiro atoms. The van der Waals surface area contributed by atoms with Gasteiger partial charge >= 0.3 is 0 Å². The minimum atomic E-state index is -3.53. The van der Waals surface area contributed by atoms with Crippen LogP contribution < -0.4 is 10.5 Å². The van der Waals surface area contributed by atoms with Crippen molar-refractivity contribution in [2.45, 2.75) is 31.6 Å². The lowest BCUT2D eigenvalue weighted by Gasteiger charge is -2.11. The number of ether oxygens (including phenoxy) is 1. The Morgan fingerprint density at radius 2 is 1.84 bits per heavy atom. The number of nitrogens with one attached hydrogen (secondary N) is 1. The number of sulfonamides is 1. The molecule has 0 fully saturated rings. The Hall–Kier alpha value is -1.11. The number of unbranched alkanes of at least 4 members (excludes halogenated alkanes) is 1. The quantitative estimate of drug-likeness (QED) is 0.589. The SMILES string of the molecule is COCCCCNS(=O)(=O)c1cc(C)c(C)cc1N. The Kier molecular flexibility index (Phi) is 5.78. The zero-order valence-corrected chi connectivity index (χ0v) is 12.5. The number of aryl methyl sites for hydroxylation is 2. The summed E-state index contributed by atoms with van der Waals surface area (Å²) in [5.41, 5.74) is 7.97. The first kappa shape index (κ1) is 15.9. The third kappa shape index (κ3) is 4.49. The Balaban J connectivity index is 2.75. The maximum Gasteiger partial charge on any atom is 0.242 e. The number of hydrogen-bond donors (Lipinski definition) is 2. The van der Waals surface area contributed by atoms with Gasteiger partial charge in [-0.1, -0.05) is 0 Å². The van der Waals surface area contributed by atoms with Gasteiger partial charge < -0.3 is 10.5 Å². The highest BCUT2D eigenvalue weighted by atomic mass is 32.2. The highest BCUT2D eigenvalue weighted by Gasteiger charge is 2.17. The topological polar surface area (TPSA) is 81.4 Å². The molecular formula is C13H22N2O3S. The number of benzene rings is 1. The molecule has 0 aliphatic carbocycles. The van der Waals surface area contributed by atoms with Gasteiger partial charge in [0.2, 0.25) is 10.0 Å². The van der Waals surface area contributed by atoms with E-state index in [0.717, 1.165) is 24.0 Å². The Morgan fingerprint density at radius 1 is 1.21 bits per heavy atom. The van der Waals surface area contributed by atoms with E-state index < -0.39 is 10.0 Å². The first-order chi connectivity index (χ1) is 8.88. The van der Waals surface area contributed by atoms with E-state index >= 15 is 0 Å². The molecule has 6 heteroatoms. The first-order valence-electron chi connectivity index (χ1n) is 6.24. The molecule has 5 nitrogen and oxygen atoms in total. The number of nitrogen functional groups attached to an aromatic ring is 1. The molecule has 0 atom stereocenters. The lowest BCUT2D eigenvalue weighted by Crippen LogP contribution is -2.26. The molecule has 0 unspecified atom stereocenters. The van der Waals surface area contributed by atoms with Gasteiger partial charge in [-0.2, -0.15) is 0 Å². The lowest BCUT2D eigenvalue weighted by atomic mass is 10.1. The Bertz CT molecular complexity index is 527. The monoisotopic (exact) mass is 286 g/mol. The van der Waals surface area contributed by atoms with Crippen molar-refractivity contribution in [1.29, 1.82) is 0 Å². The number of hydrogen-bond acceptors (Lipinski definition) is 4. The zero-order valence-electron chi connectivity index (χ0n) is 11.7. The van der Waals surface area contributed by atoms with Crippen LogP contribution in [0.4, 0.5) is 5.69 Å². The summed E-state index contributed by atoms with van der Waals surface area (Å²) in [6.45, 7) is 4.79. The molecule has 1 rings (SSSR count). The molecule has 0 aromatic heterocycles. The number of nitrogens with two attached hydrogens (primary N) is 1. The number of methoxy groups -OCH3 is 1. The molecule has 0 saturated heterocycles. The first-order valence-corrected chi connectivity index (χ1v) is 7.72. The van der Waals surface area contributed by atoms with Crippen LogP contribution in [0.3, 0.4) is 0 Å². The van der Waals surface area contributed by atoms with Crippen molar-refractivity contribution in [2.75, 3.05) is 26.0 Å². The molecular weight excluding hydrogens is 264 g/mol. The Labute approximate surface area is 115 Å². The van der Waals surface area contributed by atoms with Crippen LogP contribution >= 0.6 is 0 Å². The molecule has 3 N–H and O–H groups in total. The molecule has 1 aromatic rings. The van der Waals surface area contributed by atoms with Gasteiger partial charge in [0.1, 0.15) is 4.90 Å². The molecule has 0 aliphatic heterocycles. The van der Waals surface area contributed by atoms with Gasteiger partial charge in [0.25, 0.3) is 0 Å². The molecule has 0 amide bonds. The number of anilines is 1. The summed E-state index contributed by atoms with van der Waals surface area (Å²) < 4.78 is 31.7. The molecule has 0 heterocycles. The highest BCUT2D eigenvalue weighted by molar-refractivity contribution is 7.89. The predicted molar refractivity (Wildman–Crippen MR) is 76.6 cm³/mol. The van der Waals surface area contributed by atoms with E-state index in [2.05, 4.69) is 4.72 Å². The molecule has 0 aliphatic rings. The van der Waals surface area contributed by atoms with Crippen molar-refractivity contribution in [3.05, 3.63) is 23.3 Å². The number of rotatable bonds is 7. The highest BCUT2D eigenvalue weighted by Crippen LogP contribution is 2.22. The second kappa shape index (κ2) is 6.88. The van der Waals surface area contributed by atoms with Crippen molar-refractivity contribution < 1.29 is 13.2 Å². The van der Waals surface area contributed by atoms with Gasteiger partial charge in [0.15, 0.2) is 0 Å². The van der Waals surface area contributed by atoms with Gasteiger partial charge in [-0.05, 0) is 49.9 Å². The normalized spacial score (nSPS) is 11.7. The standard InChI is InChI=1S/C13H22N2O3S/c1-10-8-12(14)13(9-11(10)2)19(16,17)15-6-4-5-7-18-3/h8-9,15H,4-7,14H2,1-3H3. The molecule has 0 radical (unpaired) electrons. The van der Waals surface area contributed by atoms with Crippen molar-refractivity contribution in [1.82, 2.24) is 4.72 Å². The van der Waals surface area contributed by atoms with E-state index in [1.54, 1.807) is 19.2 Å². The van der Waals surface area contributed by atoms with Crippen molar-refractivity contribution in [3.63, 3.8) is 0 Å². The van der Waals surface area contributed by atoms with Crippen LogP contribution in [0.1, 0.15) is 24.0 Å². The van der Waals surface area contributed by atoms with Crippen LogP contribution in [0.15, 0.2) is 17.0 Å². The van der Waals surface area contributed by atoms with Crippen LogP contribution in [0.5, 0.6) is 0 Å². The fourth-order valence-electron chi connectivity index (χ4n) is 1.70. The molecule has 0 saturated carbocycles. The van der Waals surface area contributed by atoms with Crippen LogP contribution in [-0.2, 0) is 14.8 Å². The zero-order chi connectivity index (χ0) is 14.5. The van der Waals surface area contributed by atoms with E-state index in [1.165, 1.54) is 0 Å². The largest absolute Gasteiger partial charge is 0.398 e. The Morgan fingerprint density at radius 3 is 2.47 bits per heavy atom. The summed E-state index contributed by atoms with van der Waals surface area (Å²) in [6, 6.07) is 3.30. The van der Waals surface area contributed by atoms with Crippen LogP contribution in [0.2, 0.25) is 0 Å². The fraction of sp³-hybridized carbons (Fsp3) is 0.538. The molecule has 108 valence electrons. The smallest absolute Gasteiger partial charge is 0.242 e. The maximum atomic E-state index is 12.1. The lowest BCUT2D eigenvalue weighted by molar-refractivity contribution is 0.193. The molecule has 19 heavy (non-hydrogen) atoms. The maximum absolute atomic E-state index is 12.1. The summed E-state index contributed by atoms with van der Waals surface area (Å²) in [5.74, 6) is 0. The summed E-state index contributed by atoms with van der Waals surface area (Å²) in [7, 11) is -1.91. The molecule has 1 aromatic carbocycles. The summed E-state index contributed by atoms with van der Waals surface area (Å²) in [4.78, 5) is 0.155. The van der Waals surface area contributed by atoms with Crippen molar-refractivity contribution in [3.8, 4) is 0 Å². The van der Waals surface area contributed by atoms with Crippen molar-refractivity contribution in [2.24, 2.45) is 0 Å². The van der Waals surface area contributed by atoms with E-state index in [9.17, 15) is 8.42 Å². The summed E-state index contributed by atoms with van der Waals surface area (Å²) in [6.07, 6.45) is 1.55. The van der Waals surface area contributed by atoms with Gasteiger partial charge in [0, 0.05) is 20.3 Å². The third-order valence-electron chi connectivity index (χ3n) is 2.98. The van der Waals surface area contributed by atoms with Gasteiger partial charge in [-0.25, -0.2) is 13.1 Å². The second-order valence-corrected chi connectivity index (χ2v) is 6.31. The van der Waals surface area contributed by atoms with E-state index in [0.29, 0.717) is 13.2 Å². The average Bonchev–Trinajstić information content (AvgIpc) is 2.33. The van der Waals surface area contributed by atoms with Gasteiger partial charge in [-0.3, -0.25) is 0 Å². The fourth-order valence-corrected chi connectivity index (χ4v) is 2.97. The van der Waals surface area contributed by atoms with E-state index in [1.807, 2.05) is 13.8 Å². The molecule has 0 bridgehead atoms. The summed E-state index contributed by atoms with van der Waals surface area (Å²) >= 11 is 0. The van der Waals surface area contributed by atoms with Gasteiger partial charge in [-0.15, -0.1) is 0 Å². The predicted octanol–water partition coefficient (Wildman–Crippen LogP) is 1.59. The minimum Gasteiger partial charge on any atom is -0.398 e. The average molecular weight is 286 g/mol. The van der Waals surface area contributed by atoms with Crippen LogP contribution in [0, 0.1) is 13.8 Å². The van der Waals surface area contributed by atoms with Crippen LogP contribution in [0.25, 0.3) is 0 Å². The van der Waals surface area contributed by atoms with Gasteiger partial charge in [0.05, 0.1) is 5.69 Å². The van der Waals surface area contributed by atoms with Crippen LogP contribution in [-0.4, -0.2) is 28.7 Å². The van der Waals surface area contributed by atoms with E-state index in [4.69, 9.17) is 10.5 Å². The minimum absolute atomic E-state index is 0.155. The van der Waals surface area contributed by atoms with Crippen molar-refractivity contribution >= 4 is 15.7 Å². The third-order valence-corrected chi connectivity index (χ3v) is 4.50.